The number of nitrogens with one attached hydrogen (secondary N) is 2. The fourth-order valence-corrected chi connectivity index (χ4v) is 2.86. The zero-order chi connectivity index (χ0) is 17.8. The van der Waals surface area contributed by atoms with Gasteiger partial charge in [-0.05, 0) is 54.7 Å². The number of amides is 2. The lowest BCUT2D eigenvalue weighted by atomic mass is 10.1. The van der Waals surface area contributed by atoms with Gasteiger partial charge in [-0.15, -0.1) is 0 Å². The Morgan fingerprint density at radius 1 is 1.16 bits per heavy atom. The van der Waals surface area contributed by atoms with Crippen LogP contribution in [0.15, 0.2) is 48.5 Å². The first-order valence-electron chi connectivity index (χ1n) is 8.46. The normalized spacial score (nSPS) is 18.5. The van der Waals surface area contributed by atoms with Crippen LogP contribution < -0.4 is 10.6 Å². The molecule has 0 radical (unpaired) electrons. The van der Waals surface area contributed by atoms with Gasteiger partial charge in [0, 0.05) is 28.7 Å². The monoisotopic (exact) mass is 356 g/mol. The minimum atomic E-state index is -0.148. The van der Waals surface area contributed by atoms with Crippen molar-refractivity contribution >= 4 is 29.1 Å². The predicted octanol–water partition coefficient (Wildman–Crippen LogP) is 3.91. The first-order valence-corrected chi connectivity index (χ1v) is 8.84. The molecule has 0 aromatic heterocycles. The summed E-state index contributed by atoms with van der Waals surface area (Å²) in [7, 11) is 0. The Labute approximate surface area is 152 Å². The second-order valence-corrected chi connectivity index (χ2v) is 6.96. The molecule has 0 saturated heterocycles. The van der Waals surface area contributed by atoms with E-state index in [0.29, 0.717) is 28.7 Å². The van der Waals surface area contributed by atoms with Gasteiger partial charge in [-0.3, -0.25) is 9.59 Å². The van der Waals surface area contributed by atoms with Gasteiger partial charge in [-0.1, -0.05) is 36.7 Å². The lowest BCUT2D eigenvalue weighted by Gasteiger charge is -2.08. The standard InChI is InChI=1S/C20H21ClN2O2/c1-13-11-18(13)20(25)23-17-4-2-3-15(12-17)19(24)22-10-9-14-5-7-16(21)8-6-14/h2-8,12-13,18H,9-11H2,1H3,(H,22,24)(H,23,25). The minimum Gasteiger partial charge on any atom is -0.352 e. The molecule has 2 amide bonds. The molecule has 1 aliphatic rings. The molecule has 2 N–H and O–H groups in total. The third-order valence-corrected chi connectivity index (χ3v) is 4.70. The van der Waals surface area contributed by atoms with Crippen molar-refractivity contribution in [1.82, 2.24) is 5.32 Å². The molecule has 3 rings (SSSR count). The second-order valence-electron chi connectivity index (χ2n) is 6.52. The summed E-state index contributed by atoms with van der Waals surface area (Å²) in [6.07, 6.45) is 1.68. The van der Waals surface area contributed by atoms with Gasteiger partial charge in [0.2, 0.25) is 5.91 Å². The summed E-state index contributed by atoms with van der Waals surface area (Å²) in [5, 5.41) is 6.49. The van der Waals surface area contributed by atoms with Crippen molar-refractivity contribution in [2.75, 3.05) is 11.9 Å². The molecule has 2 unspecified atom stereocenters. The molecule has 0 heterocycles. The van der Waals surface area contributed by atoms with E-state index in [1.807, 2.05) is 24.3 Å². The van der Waals surface area contributed by atoms with Crippen LogP contribution in [0.3, 0.4) is 0 Å². The van der Waals surface area contributed by atoms with Crippen LogP contribution in [0.5, 0.6) is 0 Å². The van der Waals surface area contributed by atoms with Crippen LogP contribution in [-0.4, -0.2) is 18.4 Å². The molecule has 1 aliphatic carbocycles. The molecular weight excluding hydrogens is 336 g/mol. The number of benzene rings is 2. The van der Waals surface area contributed by atoms with Crippen LogP contribution in [0.2, 0.25) is 5.02 Å². The molecule has 2 aromatic carbocycles. The van der Waals surface area contributed by atoms with Crippen molar-refractivity contribution in [3.05, 3.63) is 64.7 Å². The molecule has 4 nitrogen and oxygen atoms in total. The van der Waals surface area contributed by atoms with E-state index in [0.717, 1.165) is 18.4 Å². The first-order chi connectivity index (χ1) is 12.0. The van der Waals surface area contributed by atoms with Gasteiger partial charge in [0.25, 0.3) is 5.91 Å². The number of carbonyl (C=O) groups is 2. The van der Waals surface area contributed by atoms with Gasteiger partial charge in [0.05, 0.1) is 0 Å². The summed E-state index contributed by atoms with van der Waals surface area (Å²) in [6.45, 7) is 2.60. The highest BCUT2D eigenvalue weighted by Gasteiger charge is 2.39. The highest BCUT2D eigenvalue weighted by Crippen LogP contribution is 2.38. The molecule has 1 saturated carbocycles. The van der Waals surface area contributed by atoms with E-state index in [-0.39, 0.29) is 17.7 Å². The van der Waals surface area contributed by atoms with Crippen LogP contribution in [-0.2, 0) is 11.2 Å². The van der Waals surface area contributed by atoms with Crippen molar-refractivity contribution in [1.29, 1.82) is 0 Å². The third-order valence-electron chi connectivity index (χ3n) is 4.45. The number of carbonyl (C=O) groups excluding carboxylic acids is 2. The summed E-state index contributed by atoms with van der Waals surface area (Å²) < 4.78 is 0. The molecule has 0 spiro atoms. The summed E-state index contributed by atoms with van der Waals surface area (Å²) in [6, 6.07) is 14.6. The van der Waals surface area contributed by atoms with Crippen molar-refractivity contribution in [2.24, 2.45) is 11.8 Å². The molecule has 2 atom stereocenters. The zero-order valence-electron chi connectivity index (χ0n) is 14.1. The Balaban J connectivity index is 1.52. The van der Waals surface area contributed by atoms with Gasteiger partial charge in [-0.2, -0.15) is 0 Å². The Kier molecular flexibility index (Phi) is 5.39. The Morgan fingerprint density at radius 2 is 1.88 bits per heavy atom. The summed E-state index contributed by atoms with van der Waals surface area (Å²) in [5.74, 6) is 0.453. The lowest BCUT2D eigenvalue weighted by Crippen LogP contribution is -2.25. The molecule has 2 aromatic rings. The number of hydrogen-bond acceptors (Lipinski definition) is 2. The van der Waals surface area contributed by atoms with Gasteiger partial charge < -0.3 is 10.6 Å². The average molecular weight is 357 g/mol. The summed E-state index contributed by atoms with van der Waals surface area (Å²) >= 11 is 5.86. The molecule has 0 bridgehead atoms. The molecule has 130 valence electrons. The van der Waals surface area contributed by atoms with Crippen LogP contribution in [0.4, 0.5) is 5.69 Å². The maximum Gasteiger partial charge on any atom is 0.251 e. The van der Waals surface area contributed by atoms with Crippen molar-refractivity contribution in [2.45, 2.75) is 19.8 Å². The van der Waals surface area contributed by atoms with Crippen LogP contribution in [0, 0.1) is 11.8 Å². The van der Waals surface area contributed by atoms with Crippen LogP contribution in [0.25, 0.3) is 0 Å². The van der Waals surface area contributed by atoms with E-state index in [1.165, 1.54) is 0 Å². The van der Waals surface area contributed by atoms with E-state index in [1.54, 1.807) is 24.3 Å². The first kappa shape index (κ1) is 17.5. The molecule has 1 fully saturated rings. The fourth-order valence-electron chi connectivity index (χ4n) is 2.73. The van der Waals surface area contributed by atoms with Crippen LogP contribution in [0.1, 0.15) is 29.3 Å². The lowest BCUT2D eigenvalue weighted by molar-refractivity contribution is -0.117. The van der Waals surface area contributed by atoms with Crippen molar-refractivity contribution in [3.8, 4) is 0 Å². The second kappa shape index (κ2) is 7.70. The summed E-state index contributed by atoms with van der Waals surface area (Å²) in [5.41, 5.74) is 2.32. The fraction of sp³-hybridized carbons (Fsp3) is 0.300. The van der Waals surface area contributed by atoms with Crippen LogP contribution >= 0.6 is 11.6 Å². The Bertz CT molecular complexity index is 774. The quantitative estimate of drug-likeness (QED) is 0.824. The Hall–Kier alpha value is -2.33. The Morgan fingerprint density at radius 3 is 2.56 bits per heavy atom. The molecule has 5 heteroatoms. The highest BCUT2D eigenvalue weighted by molar-refractivity contribution is 6.30. The van der Waals surface area contributed by atoms with Gasteiger partial charge >= 0.3 is 0 Å². The summed E-state index contributed by atoms with van der Waals surface area (Å²) in [4.78, 5) is 24.3. The zero-order valence-corrected chi connectivity index (χ0v) is 14.8. The van der Waals surface area contributed by atoms with E-state index in [2.05, 4.69) is 17.6 Å². The smallest absolute Gasteiger partial charge is 0.251 e. The third kappa shape index (κ3) is 4.83. The van der Waals surface area contributed by atoms with E-state index < -0.39 is 0 Å². The largest absolute Gasteiger partial charge is 0.352 e. The number of rotatable bonds is 6. The average Bonchev–Trinajstić information content (AvgIpc) is 3.34. The maximum atomic E-state index is 12.3. The van der Waals surface area contributed by atoms with Gasteiger partial charge in [0.15, 0.2) is 0 Å². The number of hydrogen-bond donors (Lipinski definition) is 2. The van der Waals surface area contributed by atoms with Gasteiger partial charge in [-0.25, -0.2) is 0 Å². The maximum absolute atomic E-state index is 12.3. The molecule has 0 aliphatic heterocycles. The number of anilines is 1. The molecule has 25 heavy (non-hydrogen) atoms. The topological polar surface area (TPSA) is 58.2 Å². The SMILES string of the molecule is CC1CC1C(=O)Nc1cccc(C(=O)NCCc2ccc(Cl)cc2)c1. The highest BCUT2D eigenvalue weighted by atomic mass is 35.5. The predicted molar refractivity (Wildman–Crippen MR) is 99.8 cm³/mol. The van der Waals surface area contributed by atoms with E-state index in [9.17, 15) is 9.59 Å². The number of halogens is 1. The minimum absolute atomic E-state index is 0.0350. The van der Waals surface area contributed by atoms with E-state index in [4.69, 9.17) is 11.6 Å². The van der Waals surface area contributed by atoms with Crippen molar-refractivity contribution in [3.63, 3.8) is 0 Å². The van der Waals surface area contributed by atoms with E-state index >= 15 is 0 Å². The molecular formula is C20H21ClN2O2. The van der Waals surface area contributed by atoms with Crippen molar-refractivity contribution < 1.29 is 9.59 Å². The van der Waals surface area contributed by atoms with Gasteiger partial charge in [0.1, 0.15) is 0 Å².